The predicted octanol–water partition coefficient (Wildman–Crippen LogP) is -1.29. The summed E-state index contributed by atoms with van der Waals surface area (Å²) < 4.78 is 9.94. The summed E-state index contributed by atoms with van der Waals surface area (Å²) in [6.45, 7) is 1.22. The highest BCUT2D eigenvalue weighted by atomic mass is 16.6. The lowest BCUT2D eigenvalue weighted by Crippen LogP contribution is -2.42. The van der Waals surface area contributed by atoms with Crippen molar-refractivity contribution in [1.82, 2.24) is 0 Å². The van der Waals surface area contributed by atoms with Gasteiger partial charge in [0.1, 0.15) is 32.4 Å². The number of carbonyl (C=O) groups is 1. The number of carbonyl (C=O) groups excluding carboxylic acids is 1. The molecule has 3 unspecified atom stereocenters. The molecule has 0 saturated carbocycles. The fourth-order valence-electron chi connectivity index (χ4n) is 1.25. The van der Waals surface area contributed by atoms with Crippen LogP contribution in [-0.4, -0.2) is 48.8 Å². The Morgan fingerprint density at radius 1 is 1.79 bits per heavy atom. The predicted molar refractivity (Wildman–Crippen MR) is 50.6 cm³/mol. The first-order valence-electron chi connectivity index (χ1n) is 4.38. The Morgan fingerprint density at radius 3 is 3.00 bits per heavy atom. The van der Waals surface area contributed by atoms with Crippen molar-refractivity contribution in [2.24, 2.45) is 0 Å². The molecule has 0 fully saturated rings. The van der Waals surface area contributed by atoms with Gasteiger partial charge in [-0.1, -0.05) is 0 Å². The Labute approximate surface area is 82.7 Å². The van der Waals surface area contributed by atoms with Crippen LogP contribution < -0.4 is 0 Å². The van der Waals surface area contributed by atoms with Gasteiger partial charge in [-0.15, -0.1) is 0 Å². The lowest BCUT2D eigenvalue weighted by Gasteiger charge is -2.29. The van der Waals surface area contributed by atoms with Crippen LogP contribution in [0, 0.1) is 0 Å². The van der Waals surface area contributed by atoms with Gasteiger partial charge in [-0.3, -0.25) is 4.79 Å². The molecule has 0 spiro atoms. The van der Waals surface area contributed by atoms with E-state index < -0.39 is 18.2 Å². The molecule has 0 bridgehead atoms. The number of hydrogen-bond acceptors (Lipinski definition) is 5. The van der Waals surface area contributed by atoms with Gasteiger partial charge in [0.2, 0.25) is 0 Å². The van der Waals surface area contributed by atoms with Crippen LogP contribution in [0.2, 0.25) is 0 Å². The standard InChI is InChI=1S/C8H13BO5/c1-4(10)13-3-6-8(12)5(11)2-7(9)14-6/h2,6-8,11-12H,3,9H2,1H3. The number of esters is 1. The maximum atomic E-state index is 10.5. The summed E-state index contributed by atoms with van der Waals surface area (Å²) in [6, 6.07) is -0.293. The second-order valence-electron chi connectivity index (χ2n) is 3.22. The number of rotatable bonds is 2. The smallest absolute Gasteiger partial charge is 0.302 e. The van der Waals surface area contributed by atoms with Gasteiger partial charge >= 0.3 is 5.97 Å². The fraction of sp³-hybridized carbons (Fsp3) is 0.625. The molecule has 2 N–H and O–H groups in total. The van der Waals surface area contributed by atoms with Crippen LogP contribution in [-0.2, 0) is 14.3 Å². The second-order valence-corrected chi connectivity index (χ2v) is 3.22. The molecule has 0 aromatic rings. The quantitative estimate of drug-likeness (QED) is 0.428. The summed E-state index contributed by atoms with van der Waals surface area (Å²) in [7, 11) is 1.73. The van der Waals surface area contributed by atoms with E-state index in [0.717, 1.165) is 0 Å². The molecule has 3 atom stereocenters. The Balaban J connectivity index is 2.54. The van der Waals surface area contributed by atoms with Gasteiger partial charge < -0.3 is 19.7 Å². The molecule has 1 aliphatic rings. The number of hydrogen-bond donors (Lipinski definition) is 2. The average molecular weight is 200 g/mol. The Bertz CT molecular complexity index is 252. The highest BCUT2D eigenvalue weighted by Crippen LogP contribution is 2.16. The summed E-state index contributed by atoms with van der Waals surface area (Å²) in [5, 5.41) is 18.7. The van der Waals surface area contributed by atoms with Crippen LogP contribution >= 0.6 is 0 Å². The summed E-state index contributed by atoms with van der Waals surface area (Å²) >= 11 is 0. The molecule has 0 radical (unpaired) electrons. The van der Waals surface area contributed by atoms with Crippen LogP contribution in [0.3, 0.4) is 0 Å². The van der Waals surface area contributed by atoms with E-state index in [0.29, 0.717) is 0 Å². The van der Waals surface area contributed by atoms with E-state index in [4.69, 9.17) is 4.74 Å². The number of ether oxygens (including phenoxy) is 2. The molecule has 6 heteroatoms. The minimum atomic E-state index is -1.12. The second kappa shape index (κ2) is 4.48. The van der Waals surface area contributed by atoms with Gasteiger partial charge in [-0.2, -0.15) is 0 Å². The lowest BCUT2D eigenvalue weighted by atomic mass is 9.94. The normalized spacial score (nSPS) is 32.1. The molecular weight excluding hydrogens is 187 g/mol. The lowest BCUT2D eigenvalue weighted by molar-refractivity contribution is -0.150. The van der Waals surface area contributed by atoms with E-state index >= 15 is 0 Å². The zero-order chi connectivity index (χ0) is 10.7. The number of aliphatic hydroxyl groups is 2. The maximum absolute atomic E-state index is 10.5. The SMILES string of the molecule is BC1C=C(O)C(O)C(COC(C)=O)O1. The van der Waals surface area contributed by atoms with E-state index in [9.17, 15) is 15.0 Å². The summed E-state index contributed by atoms with van der Waals surface area (Å²) in [5.74, 6) is -0.580. The van der Waals surface area contributed by atoms with Crippen molar-refractivity contribution in [2.45, 2.75) is 25.1 Å². The molecule has 0 saturated heterocycles. The van der Waals surface area contributed by atoms with Gasteiger partial charge in [-0.25, -0.2) is 0 Å². The van der Waals surface area contributed by atoms with Crippen LogP contribution in [0.4, 0.5) is 0 Å². The van der Waals surface area contributed by atoms with E-state index in [-0.39, 0.29) is 18.4 Å². The van der Waals surface area contributed by atoms with Crippen molar-refractivity contribution < 1.29 is 24.5 Å². The monoisotopic (exact) mass is 200 g/mol. The van der Waals surface area contributed by atoms with Crippen molar-refractivity contribution in [3.8, 4) is 0 Å². The van der Waals surface area contributed by atoms with Gasteiger partial charge in [0.25, 0.3) is 0 Å². The summed E-state index contributed by atoms with van der Waals surface area (Å²) in [6.07, 6.45) is -0.404. The molecule has 1 rings (SSSR count). The molecule has 0 amide bonds. The summed E-state index contributed by atoms with van der Waals surface area (Å²) in [4.78, 5) is 10.5. The van der Waals surface area contributed by atoms with E-state index in [1.807, 2.05) is 0 Å². The minimum Gasteiger partial charge on any atom is -0.510 e. The van der Waals surface area contributed by atoms with Gasteiger partial charge in [0, 0.05) is 12.9 Å². The fourth-order valence-corrected chi connectivity index (χ4v) is 1.25. The molecule has 14 heavy (non-hydrogen) atoms. The highest BCUT2D eigenvalue weighted by molar-refractivity contribution is 6.12. The Kier molecular flexibility index (Phi) is 3.54. The average Bonchev–Trinajstić information content (AvgIpc) is 2.08. The zero-order valence-electron chi connectivity index (χ0n) is 8.14. The van der Waals surface area contributed by atoms with Crippen LogP contribution in [0.1, 0.15) is 6.92 Å². The number of aliphatic hydroxyl groups excluding tert-OH is 2. The van der Waals surface area contributed by atoms with Crippen LogP contribution in [0.25, 0.3) is 0 Å². The molecule has 1 aliphatic heterocycles. The maximum Gasteiger partial charge on any atom is 0.302 e. The van der Waals surface area contributed by atoms with Gasteiger partial charge in [0.05, 0.1) is 0 Å². The molecule has 0 aromatic carbocycles. The largest absolute Gasteiger partial charge is 0.510 e. The highest BCUT2D eigenvalue weighted by Gasteiger charge is 2.30. The summed E-state index contributed by atoms with van der Waals surface area (Å²) in [5.41, 5.74) is 0. The third kappa shape index (κ3) is 2.75. The first kappa shape index (κ1) is 11.1. The van der Waals surface area contributed by atoms with E-state index in [1.54, 1.807) is 7.85 Å². The molecular formula is C8H13BO5. The van der Waals surface area contributed by atoms with E-state index in [2.05, 4.69) is 4.74 Å². The van der Waals surface area contributed by atoms with E-state index in [1.165, 1.54) is 13.0 Å². The zero-order valence-corrected chi connectivity index (χ0v) is 8.14. The molecule has 0 aliphatic carbocycles. The molecule has 1 heterocycles. The van der Waals surface area contributed by atoms with Crippen molar-refractivity contribution >= 4 is 13.8 Å². The third-order valence-corrected chi connectivity index (χ3v) is 1.90. The minimum absolute atomic E-state index is 0.0568. The first-order valence-corrected chi connectivity index (χ1v) is 4.38. The Hall–Kier alpha value is -1.01. The topological polar surface area (TPSA) is 76.0 Å². The van der Waals surface area contributed by atoms with Crippen LogP contribution in [0.5, 0.6) is 0 Å². The van der Waals surface area contributed by atoms with Crippen molar-refractivity contribution in [2.75, 3.05) is 6.61 Å². The molecule has 5 nitrogen and oxygen atoms in total. The van der Waals surface area contributed by atoms with Crippen molar-refractivity contribution in [1.29, 1.82) is 0 Å². The van der Waals surface area contributed by atoms with Crippen LogP contribution in [0.15, 0.2) is 11.8 Å². The molecule has 78 valence electrons. The van der Waals surface area contributed by atoms with Gasteiger partial charge in [-0.05, 0) is 6.08 Å². The Morgan fingerprint density at radius 2 is 2.43 bits per heavy atom. The van der Waals surface area contributed by atoms with Crippen molar-refractivity contribution in [3.05, 3.63) is 11.8 Å². The van der Waals surface area contributed by atoms with Crippen molar-refractivity contribution in [3.63, 3.8) is 0 Å². The van der Waals surface area contributed by atoms with Gasteiger partial charge in [0.15, 0.2) is 0 Å². The first-order chi connectivity index (χ1) is 6.50. The third-order valence-electron chi connectivity index (χ3n) is 1.90. The molecule has 0 aromatic heterocycles.